The van der Waals surface area contributed by atoms with Gasteiger partial charge in [-0.25, -0.2) is 0 Å². The first-order valence-corrected chi connectivity index (χ1v) is 6.90. The second-order valence-corrected chi connectivity index (χ2v) is 5.32. The highest BCUT2D eigenvalue weighted by Gasteiger charge is 2.41. The van der Waals surface area contributed by atoms with Gasteiger partial charge in [-0.2, -0.15) is 13.2 Å². The van der Waals surface area contributed by atoms with Crippen molar-refractivity contribution in [2.24, 2.45) is 0 Å². The molecule has 1 fully saturated rings. The minimum Gasteiger partial charge on any atom is -0.480 e. The Morgan fingerprint density at radius 2 is 2.05 bits per heavy atom. The molecular weight excluding hydrogens is 275 g/mol. The fourth-order valence-corrected chi connectivity index (χ4v) is 2.02. The molecule has 0 bridgehead atoms. The number of ether oxygens (including phenoxy) is 1. The minimum absolute atomic E-state index is 0.0952. The van der Waals surface area contributed by atoms with E-state index in [-0.39, 0.29) is 25.5 Å². The zero-order valence-electron chi connectivity index (χ0n) is 11.8. The number of hydrogen-bond acceptors (Lipinski definition) is 3. The average Bonchev–Trinajstić information content (AvgIpc) is 3.15. The van der Waals surface area contributed by atoms with Crippen LogP contribution >= 0.6 is 0 Å². The van der Waals surface area contributed by atoms with Crippen molar-refractivity contribution in [3.05, 3.63) is 0 Å². The number of carboxylic acids is 1. The molecule has 7 heteroatoms. The Morgan fingerprint density at radius 3 is 2.45 bits per heavy atom. The normalized spacial score (nSPS) is 20.4. The highest BCUT2D eigenvalue weighted by atomic mass is 19.4. The molecule has 2 atom stereocenters. The lowest BCUT2D eigenvalue weighted by Gasteiger charge is -2.30. The number of aliphatic carboxylic acids is 1. The van der Waals surface area contributed by atoms with E-state index in [0.717, 1.165) is 19.8 Å². The first-order valence-electron chi connectivity index (χ1n) is 6.90. The second-order valence-electron chi connectivity index (χ2n) is 5.32. The Morgan fingerprint density at radius 1 is 1.45 bits per heavy atom. The quantitative estimate of drug-likeness (QED) is 0.642. The molecule has 1 saturated carbocycles. The molecule has 0 spiro atoms. The largest absolute Gasteiger partial charge is 0.480 e. The van der Waals surface area contributed by atoms with Crippen molar-refractivity contribution in [1.82, 2.24) is 5.32 Å². The van der Waals surface area contributed by atoms with Crippen LogP contribution in [-0.2, 0) is 9.53 Å². The highest BCUT2D eigenvalue weighted by molar-refractivity contribution is 5.78. The van der Waals surface area contributed by atoms with Gasteiger partial charge in [-0.05, 0) is 39.0 Å². The number of halogens is 3. The standard InChI is InChI=1S/C13H22F3NO3/c1-3-12(11(18)19,17-10-5-6-10)7-4-8-20-9(2)13(14,15)16/h9-10,17H,3-8H2,1-2H3,(H,18,19). The van der Waals surface area contributed by atoms with E-state index in [1.807, 2.05) is 0 Å². The van der Waals surface area contributed by atoms with Gasteiger partial charge in [-0.3, -0.25) is 10.1 Å². The van der Waals surface area contributed by atoms with E-state index in [4.69, 9.17) is 4.74 Å². The van der Waals surface area contributed by atoms with Crippen LogP contribution in [0.25, 0.3) is 0 Å². The van der Waals surface area contributed by atoms with Gasteiger partial charge in [0.05, 0.1) is 0 Å². The molecule has 0 saturated heterocycles. The van der Waals surface area contributed by atoms with E-state index in [9.17, 15) is 23.1 Å². The fourth-order valence-electron chi connectivity index (χ4n) is 2.02. The third-order valence-corrected chi connectivity index (χ3v) is 3.65. The van der Waals surface area contributed by atoms with E-state index in [0.29, 0.717) is 6.42 Å². The van der Waals surface area contributed by atoms with E-state index in [1.54, 1.807) is 6.92 Å². The Kier molecular flexibility index (Phi) is 5.82. The van der Waals surface area contributed by atoms with E-state index in [2.05, 4.69) is 5.32 Å². The van der Waals surface area contributed by atoms with E-state index >= 15 is 0 Å². The number of carbonyl (C=O) groups is 1. The molecule has 1 aliphatic carbocycles. The van der Waals surface area contributed by atoms with Crippen molar-refractivity contribution in [3.63, 3.8) is 0 Å². The molecule has 2 N–H and O–H groups in total. The zero-order chi connectivity index (χ0) is 15.4. The highest BCUT2D eigenvalue weighted by Crippen LogP contribution is 2.28. The smallest absolute Gasteiger partial charge is 0.414 e. The summed E-state index contributed by atoms with van der Waals surface area (Å²) in [6, 6.07) is 0.223. The van der Waals surface area contributed by atoms with Crippen molar-refractivity contribution in [1.29, 1.82) is 0 Å². The van der Waals surface area contributed by atoms with Crippen LogP contribution in [0.5, 0.6) is 0 Å². The monoisotopic (exact) mass is 297 g/mol. The predicted molar refractivity (Wildman–Crippen MR) is 67.5 cm³/mol. The fraction of sp³-hybridized carbons (Fsp3) is 0.923. The van der Waals surface area contributed by atoms with Crippen molar-refractivity contribution < 1.29 is 27.8 Å². The van der Waals surface area contributed by atoms with Crippen molar-refractivity contribution in [2.75, 3.05) is 6.61 Å². The van der Waals surface area contributed by atoms with Crippen molar-refractivity contribution >= 4 is 5.97 Å². The number of carboxylic acid groups (broad SMARTS) is 1. The lowest BCUT2D eigenvalue weighted by molar-refractivity contribution is -0.214. The molecule has 0 heterocycles. The van der Waals surface area contributed by atoms with Gasteiger partial charge in [0.25, 0.3) is 0 Å². The third kappa shape index (κ3) is 4.94. The average molecular weight is 297 g/mol. The summed E-state index contributed by atoms with van der Waals surface area (Å²) in [5, 5.41) is 12.4. The molecule has 1 aliphatic rings. The molecule has 0 aromatic carbocycles. The van der Waals surface area contributed by atoms with Crippen LogP contribution in [0.4, 0.5) is 13.2 Å². The SMILES string of the molecule is CCC(CCCOC(C)C(F)(F)F)(NC1CC1)C(=O)O. The van der Waals surface area contributed by atoms with Gasteiger partial charge in [0, 0.05) is 12.6 Å². The van der Waals surface area contributed by atoms with Crippen molar-refractivity contribution in [3.8, 4) is 0 Å². The number of nitrogens with one attached hydrogen (secondary N) is 1. The molecule has 0 amide bonds. The number of hydrogen-bond donors (Lipinski definition) is 2. The van der Waals surface area contributed by atoms with Crippen LogP contribution in [0.3, 0.4) is 0 Å². The topological polar surface area (TPSA) is 58.6 Å². The summed E-state index contributed by atoms with van der Waals surface area (Å²) in [7, 11) is 0. The molecule has 0 aliphatic heterocycles. The van der Waals surface area contributed by atoms with Gasteiger partial charge < -0.3 is 9.84 Å². The molecule has 0 aromatic rings. The molecule has 2 unspecified atom stereocenters. The van der Waals surface area contributed by atoms with E-state index < -0.39 is 23.8 Å². The molecule has 20 heavy (non-hydrogen) atoms. The maximum absolute atomic E-state index is 12.3. The van der Waals surface area contributed by atoms with Gasteiger partial charge in [0.15, 0.2) is 6.10 Å². The van der Waals surface area contributed by atoms with Crippen LogP contribution < -0.4 is 5.32 Å². The molecular formula is C13H22F3NO3. The first-order chi connectivity index (χ1) is 9.21. The molecule has 118 valence electrons. The molecule has 0 aromatic heterocycles. The summed E-state index contributed by atoms with van der Waals surface area (Å²) in [5.74, 6) is -0.948. The first kappa shape index (κ1) is 17.2. The lowest BCUT2D eigenvalue weighted by Crippen LogP contribution is -2.52. The third-order valence-electron chi connectivity index (χ3n) is 3.65. The van der Waals surface area contributed by atoms with Gasteiger partial charge in [-0.1, -0.05) is 6.92 Å². The van der Waals surface area contributed by atoms with Crippen LogP contribution in [0, 0.1) is 0 Å². The maximum Gasteiger partial charge on any atom is 0.414 e. The molecule has 1 rings (SSSR count). The molecule has 0 radical (unpaired) electrons. The number of alkyl halides is 3. The van der Waals surface area contributed by atoms with Gasteiger partial charge in [0.1, 0.15) is 5.54 Å². The minimum atomic E-state index is -4.37. The summed E-state index contributed by atoms with van der Waals surface area (Å²) in [6.45, 7) is 2.62. The Balaban J connectivity index is 2.40. The number of rotatable bonds is 9. The van der Waals surface area contributed by atoms with Crippen molar-refractivity contribution in [2.45, 2.75) is 69.8 Å². The summed E-state index contributed by atoms with van der Waals surface area (Å²) in [5.41, 5.74) is -1.05. The summed E-state index contributed by atoms with van der Waals surface area (Å²) >= 11 is 0. The van der Waals surface area contributed by atoms with Crippen LogP contribution in [0.1, 0.15) is 46.0 Å². The zero-order valence-corrected chi connectivity index (χ0v) is 11.8. The second kappa shape index (κ2) is 6.76. The van der Waals surface area contributed by atoms with Crippen LogP contribution in [0.2, 0.25) is 0 Å². The van der Waals surface area contributed by atoms with Gasteiger partial charge in [0.2, 0.25) is 0 Å². The Labute approximate surface area is 116 Å². The van der Waals surface area contributed by atoms with Crippen LogP contribution in [-0.4, -0.2) is 41.5 Å². The predicted octanol–water partition coefficient (Wildman–Crippen LogP) is 2.72. The Hall–Kier alpha value is -0.820. The lowest BCUT2D eigenvalue weighted by atomic mass is 9.90. The Bertz CT molecular complexity index is 331. The maximum atomic E-state index is 12.3. The summed E-state index contributed by atoms with van der Waals surface area (Å²) in [6.07, 6.45) is -3.35. The molecule has 4 nitrogen and oxygen atoms in total. The van der Waals surface area contributed by atoms with Crippen LogP contribution in [0.15, 0.2) is 0 Å². The summed E-state index contributed by atoms with van der Waals surface area (Å²) in [4.78, 5) is 11.4. The van der Waals surface area contributed by atoms with E-state index in [1.165, 1.54) is 0 Å². The van der Waals surface area contributed by atoms with Gasteiger partial charge in [-0.15, -0.1) is 0 Å². The van der Waals surface area contributed by atoms with Gasteiger partial charge >= 0.3 is 12.1 Å². The summed E-state index contributed by atoms with van der Waals surface area (Å²) < 4.78 is 41.5.